The van der Waals surface area contributed by atoms with Gasteiger partial charge in [-0.15, -0.1) is 0 Å². The van der Waals surface area contributed by atoms with Crippen LogP contribution in [0.2, 0.25) is 0 Å². The highest BCUT2D eigenvalue weighted by molar-refractivity contribution is 5.91. The highest BCUT2D eigenvalue weighted by Crippen LogP contribution is 2.01. The Balaban J connectivity index is -0.000000952. The van der Waals surface area contributed by atoms with Crippen LogP contribution in [0.1, 0.15) is 46.5 Å². The third-order valence-corrected chi connectivity index (χ3v) is 4.85. The predicted molar refractivity (Wildman–Crippen MR) is 157 cm³/mol. The summed E-state index contributed by atoms with van der Waals surface area (Å²) in [6, 6.07) is -2.18. The van der Waals surface area contributed by atoms with Crippen LogP contribution in [0, 0.1) is 0 Å². The molecule has 0 aromatic heterocycles. The molecule has 18 heteroatoms. The first kappa shape index (κ1) is 43.3. The maximum absolute atomic E-state index is 12.2. The van der Waals surface area contributed by atoms with Crippen LogP contribution in [0.25, 0.3) is 0 Å². The Hall–Kier alpha value is -4.16. The van der Waals surface area contributed by atoms with E-state index < -0.39 is 41.8 Å². The van der Waals surface area contributed by atoms with Crippen molar-refractivity contribution >= 4 is 48.1 Å². The number of unbranched alkanes of at least 4 members (excludes halogenated alkanes) is 1. The smallest absolute Gasteiger partial charge is 0.242 e. The lowest BCUT2D eigenvalue weighted by atomic mass is 10.1. The van der Waals surface area contributed by atoms with Gasteiger partial charge in [0.15, 0.2) is 0 Å². The minimum Gasteiger partial charge on any atom is -0.400 e. The highest BCUT2D eigenvalue weighted by Gasteiger charge is 2.20. The Labute approximate surface area is 251 Å². The zero-order valence-corrected chi connectivity index (χ0v) is 25.3. The number of nitrogens with two attached hydrogens (primary N) is 2. The monoisotopic (exact) mass is 619 g/mol. The van der Waals surface area contributed by atoms with Gasteiger partial charge in [-0.3, -0.25) is 33.6 Å². The van der Waals surface area contributed by atoms with Gasteiger partial charge in [0, 0.05) is 33.2 Å². The number of carbonyl (C=O) groups excluding carboxylic acids is 8. The molecule has 3 atom stereocenters. The topological polar surface area (TPSA) is 293 Å². The standard InChI is InChI=1S/C17H30N6O6.C7H15N3O2.CH4O/c1-12(18)16(28)22-9-14(26)21-10-15(27)23-13(5-2-3-6-19-11-25)17(29)20-7-4-8-24;1-3-9-6(11)4-10-7(12)5(2)8;1-2/h8,11-13H,2-7,9-10,18H2,1H3,(H,19,25)(H,20,29)(H,21,26)(H,22,28)(H,23,27);5H,3-4,8H2,1-2H3,(H,9,11)(H,10,12);2H,1H3. The lowest BCUT2D eigenvalue weighted by Gasteiger charge is -2.18. The van der Waals surface area contributed by atoms with E-state index in [9.17, 15) is 38.4 Å². The van der Waals surface area contributed by atoms with Crippen LogP contribution in [0.15, 0.2) is 0 Å². The molecule has 0 bridgehead atoms. The van der Waals surface area contributed by atoms with E-state index in [1.165, 1.54) is 6.92 Å². The molecule has 7 amide bonds. The molecule has 248 valence electrons. The molecule has 0 radical (unpaired) electrons. The van der Waals surface area contributed by atoms with Crippen LogP contribution in [0.3, 0.4) is 0 Å². The second-order valence-electron chi connectivity index (χ2n) is 8.68. The first-order valence-corrected chi connectivity index (χ1v) is 13.6. The predicted octanol–water partition coefficient (Wildman–Crippen LogP) is -5.13. The molecule has 18 nitrogen and oxygen atoms in total. The van der Waals surface area contributed by atoms with Crippen molar-refractivity contribution < 1.29 is 43.5 Å². The summed E-state index contributed by atoms with van der Waals surface area (Å²) in [5.41, 5.74) is 10.6. The molecule has 0 saturated carbocycles. The Morgan fingerprint density at radius 3 is 1.67 bits per heavy atom. The normalized spacial score (nSPS) is 11.6. The molecule has 43 heavy (non-hydrogen) atoms. The van der Waals surface area contributed by atoms with Crippen LogP contribution in [-0.2, 0) is 38.4 Å². The van der Waals surface area contributed by atoms with Gasteiger partial charge in [-0.25, -0.2) is 0 Å². The zero-order valence-electron chi connectivity index (χ0n) is 25.3. The molecular formula is C25H49N9O9. The third-order valence-electron chi connectivity index (χ3n) is 4.85. The number of nitrogens with one attached hydrogen (secondary N) is 7. The Morgan fingerprint density at radius 2 is 1.21 bits per heavy atom. The quantitative estimate of drug-likeness (QED) is 0.0454. The van der Waals surface area contributed by atoms with Gasteiger partial charge in [0.1, 0.15) is 12.3 Å². The fourth-order valence-electron chi connectivity index (χ4n) is 2.68. The molecule has 0 saturated heterocycles. The molecule has 12 N–H and O–H groups in total. The van der Waals surface area contributed by atoms with Crippen molar-refractivity contribution in [3.05, 3.63) is 0 Å². The van der Waals surface area contributed by atoms with Gasteiger partial charge in [-0.1, -0.05) is 0 Å². The van der Waals surface area contributed by atoms with Crippen LogP contribution < -0.4 is 48.7 Å². The molecule has 0 aliphatic carbocycles. The van der Waals surface area contributed by atoms with Crippen molar-refractivity contribution in [3.63, 3.8) is 0 Å². The van der Waals surface area contributed by atoms with Gasteiger partial charge in [0.25, 0.3) is 0 Å². The molecule has 0 heterocycles. The van der Waals surface area contributed by atoms with E-state index in [0.717, 1.165) is 7.11 Å². The average Bonchev–Trinajstić information content (AvgIpc) is 2.98. The van der Waals surface area contributed by atoms with Crippen LogP contribution in [0.5, 0.6) is 0 Å². The van der Waals surface area contributed by atoms with Crippen molar-refractivity contribution in [1.82, 2.24) is 37.2 Å². The number of aldehydes is 1. The number of carbonyl (C=O) groups is 8. The second-order valence-corrected chi connectivity index (χ2v) is 8.68. The summed E-state index contributed by atoms with van der Waals surface area (Å²) in [6.45, 7) is 5.29. The minimum atomic E-state index is -0.847. The van der Waals surface area contributed by atoms with Gasteiger partial charge in [-0.05, 0) is 40.0 Å². The first-order chi connectivity index (χ1) is 20.4. The van der Waals surface area contributed by atoms with Gasteiger partial charge < -0.3 is 58.6 Å². The van der Waals surface area contributed by atoms with Gasteiger partial charge in [0.2, 0.25) is 41.9 Å². The number of aliphatic hydroxyl groups excluding tert-OH is 1. The first-order valence-electron chi connectivity index (χ1n) is 13.6. The van der Waals surface area contributed by atoms with E-state index in [2.05, 4.69) is 37.2 Å². The number of hydrogen-bond donors (Lipinski definition) is 10. The highest BCUT2D eigenvalue weighted by atomic mass is 16.2. The summed E-state index contributed by atoms with van der Waals surface area (Å²) < 4.78 is 0. The molecular weight excluding hydrogens is 570 g/mol. The Kier molecular flexibility index (Phi) is 29.5. The summed E-state index contributed by atoms with van der Waals surface area (Å²) in [5, 5.41) is 24.1. The molecule has 0 aromatic carbocycles. The van der Waals surface area contributed by atoms with Crippen molar-refractivity contribution in [2.24, 2.45) is 11.5 Å². The SMILES string of the molecule is CC(N)C(=O)NCC(=O)NCC(=O)NC(CCCCNC=O)C(=O)NCCC=O.CCNC(=O)CNC(=O)C(C)N.CO. The molecule has 0 aliphatic heterocycles. The summed E-state index contributed by atoms with van der Waals surface area (Å²) in [4.78, 5) is 89.4. The van der Waals surface area contributed by atoms with Crippen LogP contribution in [0.4, 0.5) is 0 Å². The summed E-state index contributed by atoms with van der Waals surface area (Å²) in [7, 11) is 1.00. The summed E-state index contributed by atoms with van der Waals surface area (Å²) in [5.74, 6) is -2.63. The van der Waals surface area contributed by atoms with Crippen molar-refractivity contribution in [3.8, 4) is 0 Å². The van der Waals surface area contributed by atoms with E-state index in [1.54, 1.807) is 6.92 Å². The minimum absolute atomic E-state index is 0.00574. The number of rotatable bonds is 20. The zero-order chi connectivity index (χ0) is 33.6. The van der Waals surface area contributed by atoms with E-state index in [-0.39, 0.29) is 44.4 Å². The molecule has 0 spiro atoms. The fraction of sp³-hybridized carbons (Fsp3) is 0.680. The van der Waals surface area contributed by atoms with Gasteiger partial charge in [-0.2, -0.15) is 0 Å². The summed E-state index contributed by atoms with van der Waals surface area (Å²) >= 11 is 0. The maximum atomic E-state index is 12.2. The number of likely N-dealkylation sites (N-methyl/N-ethyl adjacent to an activating group) is 1. The lowest BCUT2D eigenvalue weighted by molar-refractivity contribution is -0.130. The fourth-order valence-corrected chi connectivity index (χ4v) is 2.68. The molecule has 0 fully saturated rings. The Morgan fingerprint density at radius 1 is 0.698 bits per heavy atom. The third kappa shape index (κ3) is 27.8. The number of aliphatic hydroxyl groups is 1. The van der Waals surface area contributed by atoms with Gasteiger partial charge in [0.05, 0.1) is 31.7 Å². The largest absolute Gasteiger partial charge is 0.400 e. The Bertz CT molecular complexity index is 856. The lowest BCUT2D eigenvalue weighted by Crippen LogP contribution is -2.50. The van der Waals surface area contributed by atoms with E-state index in [4.69, 9.17) is 16.6 Å². The number of hydrogen-bond acceptors (Lipinski definition) is 11. The van der Waals surface area contributed by atoms with Crippen molar-refractivity contribution in [1.29, 1.82) is 0 Å². The van der Waals surface area contributed by atoms with E-state index in [0.29, 0.717) is 45.0 Å². The van der Waals surface area contributed by atoms with Crippen LogP contribution in [-0.4, -0.2) is 118 Å². The maximum Gasteiger partial charge on any atom is 0.242 e. The molecule has 3 unspecified atom stereocenters. The van der Waals surface area contributed by atoms with Crippen LogP contribution >= 0.6 is 0 Å². The van der Waals surface area contributed by atoms with E-state index in [1.807, 2.05) is 6.92 Å². The van der Waals surface area contributed by atoms with Gasteiger partial charge >= 0.3 is 0 Å². The van der Waals surface area contributed by atoms with Crippen molar-refractivity contribution in [2.45, 2.75) is 64.6 Å². The van der Waals surface area contributed by atoms with E-state index >= 15 is 0 Å². The molecule has 0 rings (SSSR count). The average molecular weight is 620 g/mol. The molecule has 0 aromatic rings. The summed E-state index contributed by atoms with van der Waals surface area (Å²) in [6.07, 6.45) is 2.88. The molecule has 0 aliphatic rings. The second kappa shape index (κ2) is 29.3. The number of amides is 7. The van der Waals surface area contributed by atoms with Crippen molar-refractivity contribution in [2.75, 3.05) is 46.4 Å².